The lowest BCUT2D eigenvalue weighted by Crippen LogP contribution is -2.24. The van der Waals surface area contributed by atoms with Crippen molar-refractivity contribution in [2.75, 3.05) is 13.1 Å². The molecule has 0 fully saturated rings. The molecule has 0 spiro atoms. The Balaban J connectivity index is 1.95. The first kappa shape index (κ1) is 16.7. The van der Waals surface area contributed by atoms with Gasteiger partial charge in [0.1, 0.15) is 0 Å². The number of benzene rings is 1. The highest BCUT2D eigenvalue weighted by Crippen LogP contribution is 2.21. The molecule has 0 bridgehead atoms. The van der Waals surface area contributed by atoms with Crippen molar-refractivity contribution in [1.82, 2.24) is 10.3 Å². The molecule has 2 rings (SSSR count). The lowest BCUT2D eigenvalue weighted by atomic mass is 9.94. The highest BCUT2D eigenvalue weighted by molar-refractivity contribution is 9.10. The van der Waals surface area contributed by atoms with Crippen molar-refractivity contribution in [3.05, 3.63) is 50.4 Å². The Bertz CT molecular complexity index is 553. The second kappa shape index (κ2) is 8.66. The molecule has 0 aliphatic heterocycles. The fraction of sp³-hybridized carbons (Fsp3) is 0.471. The summed E-state index contributed by atoms with van der Waals surface area (Å²) in [7, 11) is 0. The summed E-state index contributed by atoms with van der Waals surface area (Å²) in [5.41, 5.74) is 4.57. The summed E-state index contributed by atoms with van der Waals surface area (Å²) >= 11 is 5.35. The number of nitrogens with one attached hydrogen (secondary N) is 1. The Morgan fingerprint density at radius 3 is 2.90 bits per heavy atom. The summed E-state index contributed by atoms with van der Waals surface area (Å²) in [5.74, 6) is 0.667. The van der Waals surface area contributed by atoms with Crippen LogP contribution < -0.4 is 5.32 Å². The minimum Gasteiger partial charge on any atom is -0.317 e. The van der Waals surface area contributed by atoms with Crippen LogP contribution in [0.25, 0.3) is 0 Å². The predicted octanol–water partition coefficient (Wildman–Crippen LogP) is 4.62. The van der Waals surface area contributed by atoms with Gasteiger partial charge in [-0.25, -0.2) is 4.98 Å². The van der Waals surface area contributed by atoms with Crippen LogP contribution in [0, 0.1) is 12.8 Å². The van der Waals surface area contributed by atoms with Crippen LogP contribution in [0.4, 0.5) is 0 Å². The second-order valence-corrected chi connectivity index (χ2v) is 7.26. The van der Waals surface area contributed by atoms with E-state index in [-0.39, 0.29) is 0 Å². The third-order valence-electron chi connectivity index (χ3n) is 3.72. The first-order chi connectivity index (χ1) is 10.2. The summed E-state index contributed by atoms with van der Waals surface area (Å²) in [5, 5.41) is 3.50. The van der Waals surface area contributed by atoms with E-state index in [4.69, 9.17) is 0 Å². The van der Waals surface area contributed by atoms with E-state index in [0.717, 1.165) is 25.9 Å². The smallest absolute Gasteiger partial charge is 0.0797 e. The fourth-order valence-electron chi connectivity index (χ4n) is 2.52. The van der Waals surface area contributed by atoms with Gasteiger partial charge in [0.05, 0.1) is 11.2 Å². The maximum absolute atomic E-state index is 4.35. The van der Waals surface area contributed by atoms with Crippen LogP contribution in [0.1, 0.15) is 29.5 Å². The van der Waals surface area contributed by atoms with Gasteiger partial charge in [0.15, 0.2) is 0 Å². The summed E-state index contributed by atoms with van der Waals surface area (Å²) in [6.07, 6.45) is 3.48. The number of hydrogen-bond donors (Lipinski definition) is 1. The van der Waals surface area contributed by atoms with Crippen LogP contribution >= 0.6 is 27.3 Å². The van der Waals surface area contributed by atoms with E-state index in [1.807, 2.05) is 5.51 Å². The number of nitrogens with zero attached hydrogens (tertiary/aromatic N) is 1. The average molecular weight is 367 g/mol. The van der Waals surface area contributed by atoms with Crippen LogP contribution in [0.2, 0.25) is 0 Å². The molecule has 0 saturated heterocycles. The highest BCUT2D eigenvalue weighted by atomic mass is 79.9. The van der Waals surface area contributed by atoms with Crippen molar-refractivity contribution in [2.24, 2.45) is 5.92 Å². The summed E-state index contributed by atoms with van der Waals surface area (Å²) in [6.45, 7) is 6.40. The zero-order chi connectivity index (χ0) is 15.1. The Kier molecular flexibility index (Phi) is 6.87. The van der Waals surface area contributed by atoms with Gasteiger partial charge in [0.25, 0.3) is 0 Å². The summed E-state index contributed by atoms with van der Waals surface area (Å²) in [6, 6.07) is 8.67. The van der Waals surface area contributed by atoms with Gasteiger partial charge in [-0.3, -0.25) is 0 Å². The summed E-state index contributed by atoms with van der Waals surface area (Å²) < 4.78 is 1.17. The molecule has 0 aliphatic carbocycles. The SMILES string of the molecule is CCNCC(CCc1scnc1C)Cc1cccc(Br)c1. The van der Waals surface area contributed by atoms with E-state index in [1.54, 1.807) is 11.3 Å². The Morgan fingerprint density at radius 2 is 2.24 bits per heavy atom. The number of aryl methyl sites for hydroxylation is 2. The van der Waals surface area contributed by atoms with E-state index >= 15 is 0 Å². The van der Waals surface area contributed by atoms with E-state index in [0.29, 0.717) is 5.92 Å². The van der Waals surface area contributed by atoms with Gasteiger partial charge in [-0.15, -0.1) is 11.3 Å². The molecule has 0 saturated carbocycles. The standard InChI is InChI=1S/C17H23BrN2S/c1-3-19-11-15(7-8-17-13(2)20-12-21-17)9-14-5-4-6-16(18)10-14/h4-6,10,12,15,19H,3,7-9,11H2,1-2H3. The fourth-order valence-corrected chi connectivity index (χ4v) is 3.77. The van der Waals surface area contributed by atoms with Crippen molar-refractivity contribution in [2.45, 2.75) is 33.1 Å². The van der Waals surface area contributed by atoms with Gasteiger partial charge in [-0.1, -0.05) is 35.0 Å². The molecule has 1 aromatic carbocycles. The molecule has 0 aliphatic rings. The van der Waals surface area contributed by atoms with Gasteiger partial charge in [-0.2, -0.15) is 0 Å². The molecule has 2 nitrogen and oxygen atoms in total. The second-order valence-electron chi connectivity index (χ2n) is 5.41. The number of thiazole rings is 1. The normalized spacial score (nSPS) is 12.5. The van der Waals surface area contributed by atoms with Gasteiger partial charge in [-0.05, 0) is 62.9 Å². The Labute approximate surface area is 140 Å². The van der Waals surface area contributed by atoms with Crippen LogP contribution in [-0.4, -0.2) is 18.1 Å². The zero-order valence-corrected chi connectivity index (χ0v) is 15.1. The van der Waals surface area contributed by atoms with Gasteiger partial charge in [0.2, 0.25) is 0 Å². The average Bonchev–Trinajstić information content (AvgIpc) is 2.87. The van der Waals surface area contributed by atoms with E-state index in [9.17, 15) is 0 Å². The van der Waals surface area contributed by atoms with Crippen molar-refractivity contribution >= 4 is 27.3 Å². The third kappa shape index (κ3) is 5.53. The number of hydrogen-bond acceptors (Lipinski definition) is 3. The predicted molar refractivity (Wildman–Crippen MR) is 95.1 cm³/mol. The lowest BCUT2D eigenvalue weighted by Gasteiger charge is -2.17. The maximum atomic E-state index is 4.35. The molecule has 1 N–H and O–H groups in total. The van der Waals surface area contributed by atoms with Gasteiger partial charge in [0, 0.05) is 9.35 Å². The first-order valence-corrected chi connectivity index (χ1v) is 9.20. The molecule has 1 atom stereocenters. The Morgan fingerprint density at radius 1 is 1.38 bits per heavy atom. The Hall–Kier alpha value is -0.710. The quantitative estimate of drug-likeness (QED) is 0.737. The molecule has 4 heteroatoms. The number of halogens is 1. The molecular formula is C17H23BrN2S. The number of aromatic nitrogens is 1. The van der Waals surface area contributed by atoms with Crippen molar-refractivity contribution < 1.29 is 0 Å². The molecule has 2 aromatic rings. The van der Waals surface area contributed by atoms with E-state index in [1.165, 1.54) is 27.0 Å². The van der Waals surface area contributed by atoms with Crippen LogP contribution in [-0.2, 0) is 12.8 Å². The van der Waals surface area contributed by atoms with Gasteiger partial charge >= 0.3 is 0 Å². The molecule has 0 radical (unpaired) electrons. The molecule has 114 valence electrons. The largest absolute Gasteiger partial charge is 0.317 e. The molecule has 1 heterocycles. The molecule has 0 amide bonds. The monoisotopic (exact) mass is 366 g/mol. The third-order valence-corrected chi connectivity index (χ3v) is 5.21. The van der Waals surface area contributed by atoms with Gasteiger partial charge < -0.3 is 5.32 Å². The van der Waals surface area contributed by atoms with Crippen molar-refractivity contribution in [3.63, 3.8) is 0 Å². The van der Waals surface area contributed by atoms with E-state index in [2.05, 4.69) is 64.3 Å². The van der Waals surface area contributed by atoms with Crippen molar-refractivity contribution in [1.29, 1.82) is 0 Å². The summed E-state index contributed by atoms with van der Waals surface area (Å²) in [4.78, 5) is 5.78. The van der Waals surface area contributed by atoms with Crippen LogP contribution in [0.5, 0.6) is 0 Å². The van der Waals surface area contributed by atoms with Crippen molar-refractivity contribution in [3.8, 4) is 0 Å². The minimum absolute atomic E-state index is 0.667. The topological polar surface area (TPSA) is 24.9 Å². The van der Waals surface area contributed by atoms with E-state index < -0.39 is 0 Å². The lowest BCUT2D eigenvalue weighted by molar-refractivity contribution is 0.450. The molecule has 1 aromatic heterocycles. The number of rotatable bonds is 8. The van der Waals surface area contributed by atoms with Crippen LogP contribution in [0.3, 0.4) is 0 Å². The molecule has 21 heavy (non-hydrogen) atoms. The minimum atomic E-state index is 0.667. The maximum Gasteiger partial charge on any atom is 0.0797 e. The zero-order valence-electron chi connectivity index (χ0n) is 12.7. The molecular weight excluding hydrogens is 344 g/mol. The highest BCUT2D eigenvalue weighted by Gasteiger charge is 2.12. The molecule has 1 unspecified atom stereocenters. The van der Waals surface area contributed by atoms with Crippen LogP contribution in [0.15, 0.2) is 34.2 Å². The first-order valence-electron chi connectivity index (χ1n) is 7.53.